The number of rotatable bonds is 3. The highest BCUT2D eigenvalue weighted by atomic mass is 16.4. The molecule has 0 saturated heterocycles. The highest BCUT2D eigenvalue weighted by Gasteiger charge is 2.28. The average Bonchev–Trinajstić information content (AvgIpc) is 3.20. The van der Waals surface area contributed by atoms with Crippen molar-refractivity contribution in [3.05, 3.63) is 36.0 Å². The first kappa shape index (κ1) is 11.0. The van der Waals surface area contributed by atoms with E-state index in [9.17, 15) is 4.79 Å². The summed E-state index contributed by atoms with van der Waals surface area (Å²) in [5.41, 5.74) is 0.108. The number of benzene rings is 1. The Morgan fingerprint density at radius 2 is 2.11 bits per heavy atom. The van der Waals surface area contributed by atoms with Crippen molar-refractivity contribution < 1.29 is 9.90 Å². The van der Waals surface area contributed by atoms with Crippen LogP contribution in [0.15, 0.2) is 30.3 Å². The van der Waals surface area contributed by atoms with E-state index in [0.29, 0.717) is 6.04 Å². The van der Waals surface area contributed by atoms with Gasteiger partial charge in [0.25, 0.3) is 0 Å². The second kappa shape index (κ2) is 3.98. The van der Waals surface area contributed by atoms with E-state index >= 15 is 0 Å². The van der Waals surface area contributed by atoms with Gasteiger partial charge in [0.15, 0.2) is 5.69 Å². The quantitative estimate of drug-likeness (QED) is 0.898. The zero-order valence-electron chi connectivity index (χ0n) is 10.1. The normalized spacial score (nSPS) is 14.7. The van der Waals surface area contributed by atoms with Crippen LogP contribution in [0.1, 0.15) is 23.3 Å². The van der Waals surface area contributed by atoms with Gasteiger partial charge in [0, 0.05) is 18.5 Å². The number of aromatic nitrogens is 1. The molecule has 0 atom stereocenters. The average molecular weight is 242 g/mol. The second-order valence-corrected chi connectivity index (χ2v) is 4.70. The molecule has 2 aromatic rings. The van der Waals surface area contributed by atoms with Crippen molar-refractivity contribution >= 4 is 22.6 Å². The third kappa shape index (κ3) is 1.79. The Balaban J connectivity index is 2.22. The topological polar surface area (TPSA) is 53.4 Å². The molecule has 3 rings (SSSR count). The molecule has 1 aliphatic rings. The summed E-state index contributed by atoms with van der Waals surface area (Å²) in [5.74, 6) is -0.209. The minimum Gasteiger partial charge on any atom is -0.477 e. The minimum atomic E-state index is -0.980. The summed E-state index contributed by atoms with van der Waals surface area (Å²) in [6, 6.07) is 9.91. The molecule has 0 aliphatic heterocycles. The largest absolute Gasteiger partial charge is 0.477 e. The maximum atomic E-state index is 11.1. The van der Waals surface area contributed by atoms with E-state index in [1.807, 2.05) is 31.3 Å². The van der Waals surface area contributed by atoms with Gasteiger partial charge in [0.05, 0.1) is 0 Å². The fraction of sp³-hybridized carbons (Fsp3) is 0.286. The van der Waals surface area contributed by atoms with Crippen LogP contribution in [0.3, 0.4) is 0 Å². The Bertz CT molecular complexity index is 620. The number of aromatic carboxylic acids is 1. The molecule has 0 amide bonds. The lowest BCUT2D eigenvalue weighted by atomic mass is 10.1. The Kier molecular flexibility index (Phi) is 2.44. The van der Waals surface area contributed by atoms with Crippen LogP contribution in [0, 0.1) is 0 Å². The van der Waals surface area contributed by atoms with E-state index in [-0.39, 0.29) is 5.69 Å². The lowest BCUT2D eigenvalue weighted by Gasteiger charge is -2.19. The predicted octanol–water partition coefficient (Wildman–Crippen LogP) is 2.53. The first-order valence-electron chi connectivity index (χ1n) is 6.03. The van der Waals surface area contributed by atoms with E-state index in [1.54, 1.807) is 6.07 Å². The molecule has 1 heterocycles. The maximum absolute atomic E-state index is 11.1. The van der Waals surface area contributed by atoms with E-state index < -0.39 is 5.97 Å². The molecule has 1 N–H and O–H groups in total. The number of hydrogen-bond donors (Lipinski definition) is 1. The van der Waals surface area contributed by atoms with Gasteiger partial charge in [-0.25, -0.2) is 9.78 Å². The summed E-state index contributed by atoms with van der Waals surface area (Å²) in [6.45, 7) is 0. The van der Waals surface area contributed by atoms with Crippen LogP contribution in [-0.2, 0) is 0 Å². The van der Waals surface area contributed by atoms with Crippen LogP contribution in [0.5, 0.6) is 0 Å². The molecule has 18 heavy (non-hydrogen) atoms. The molecule has 1 aromatic carbocycles. The zero-order chi connectivity index (χ0) is 12.7. The third-order valence-electron chi connectivity index (χ3n) is 3.37. The number of carbonyl (C=O) groups is 1. The number of carboxylic acid groups (broad SMARTS) is 1. The van der Waals surface area contributed by atoms with Crippen molar-refractivity contribution in [1.29, 1.82) is 0 Å². The van der Waals surface area contributed by atoms with Crippen molar-refractivity contribution in [2.75, 3.05) is 11.9 Å². The van der Waals surface area contributed by atoms with Gasteiger partial charge in [0.1, 0.15) is 5.82 Å². The minimum absolute atomic E-state index is 0.108. The van der Waals surface area contributed by atoms with Crippen molar-refractivity contribution in [2.45, 2.75) is 18.9 Å². The van der Waals surface area contributed by atoms with Crippen molar-refractivity contribution in [3.8, 4) is 0 Å². The van der Waals surface area contributed by atoms with E-state index in [1.165, 1.54) is 0 Å². The monoisotopic (exact) mass is 242 g/mol. The van der Waals surface area contributed by atoms with Crippen LogP contribution >= 0.6 is 0 Å². The van der Waals surface area contributed by atoms with E-state index in [0.717, 1.165) is 29.4 Å². The number of fused-ring (bicyclic) bond motifs is 1. The van der Waals surface area contributed by atoms with Gasteiger partial charge in [-0.3, -0.25) is 0 Å². The number of carboxylic acids is 1. The summed E-state index contributed by atoms with van der Waals surface area (Å²) in [6.07, 6.45) is 2.31. The predicted molar refractivity (Wildman–Crippen MR) is 70.1 cm³/mol. The Labute approximate surface area is 105 Å². The lowest BCUT2D eigenvalue weighted by Crippen LogP contribution is -2.22. The Morgan fingerprint density at radius 1 is 1.39 bits per heavy atom. The van der Waals surface area contributed by atoms with Gasteiger partial charge >= 0.3 is 5.97 Å². The van der Waals surface area contributed by atoms with Crippen LogP contribution in [0.2, 0.25) is 0 Å². The van der Waals surface area contributed by atoms with Gasteiger partial charge in [-0.2, -0.15) is 0 Å². The van der Waals surface area contributed by atoms with Crippen LogP contribution < -0.4 is 4.90 Å². The van der Waals surface area contributed by atoms with E-state index in [2.05, 4.69) is 9.88 Å². The molecule has 4 heteroatoms. The van der Waals surface area contributed by atoms with Crippen LogP contribution in [0.25, 0.3) is 10.8 Å². The first-order valence-corrected chi connectivity index (χ1v) is 6.03. The van der Waals surface area contributed by atoms with Crippen molar-refractivity contribution in [2.24, 2.45) is 0 Å². The summed E-state index contributed by atoms with van der Waals surface area (Å²) in [4.78, 5) is 17.5. The molecule has 0 unspecified atom stereocenters. The summed E-state index contributed by atoms with van der Waals surface area (Å²) < 4.78 is 0. The molecule has 92 valence electrons. The zero-order valence-corrected chi connectivity index (χ0v) is 10.1. The van der Waals surface area contributed by atoms with Crippen molar-refractivity contribution in [1.82, 2.24) is 4.98 Å². The van der Waals surface area contributed by atoms with Crippen molar-refractivity contribution in [3.63, 3.8) is 0 Å². The molecule has 1 saturated carbocycles. The molecule has 0 radical (unpaired) electrons. The Hall–Kier alpha value is -2.10. The summed E-state index contributed by atoms with van der Waals surface area (Å²) in [7, 11) is 1.98. The summed E-state index contributed by atoms with van der Waals surface area (Å²) >= 11 is 0. The molecular weight excluding hydrogens is 228 g/mol. The number of nitrogens with zero attached hydrogens (tertiary/aromatic N) is 2. The molecule has 1 aromatic heterocycles. The highest BCUT2D eigenvalue weighted by Crippen LogP contribution is 2.33. The van der Waals surface area contributed by atoms with E-state index in [4.69, 9.17) is 5.11 Å². The molecule has 0 bridgehead atoms. The maximum Gasteiger partial charge on any atom is 0.354 e. The highest BCUT2D eigenvalue weighted by molar-refractivity contribution is 5.98. The molecule has 0 spiro atoms. The smallest absolute Gasteiger partial charge is 0.354 e. The third-order valence-corrected chi connectivity index (χ3v) is 3.37. The van der Waals surface area contributed by atoms with Gasteiger partial charge in [0.2, 0.25) is 0 Å². The van der Waals surface area contributed by atoms with Crippen LogP contribution in [-0.4, -0.2) is 29.1 Å². The number of pyridine rings is 1. The first-order chi connectivity index (χ1) is 8.66. The molecule has 4 nitrogen and oxygen atoms in total. The molecule has 1 fully saturated rings. The molecular formula is C14H14N2O2. The SMILES string of the molecule is CN(c1nc(C(=O)O)cc2ccccc12)C1CC1. The second-order valence-electron chi connectivity index (χ2n) is 4.70. The lowest BCUT2D eigenvalue weighted by molar-refractivity contribution is 0.0691. The number of hydrogen-bond acceptors (Lipinski definition) is 3. The number of anilines is 1. The Morgan fingerprint density at radius 3 is 2.78 bits per heavy atom. The fourth-order valence-electron chi connectivity index (χ4n) is 2.19. The molecule has 1 aliphatic carbocycles. The van der Waals surface area contributed by atoms with Gasteiger partial charge in [-0.1, -0.05) is 24.3 Å². The van der Waals surface area contributed by atoms with Gasteiger partial charge in [-0.15, -0.1) is 0 Å². The van der Waals surface area contributed by atoms with Crippen LogP contribution in [0.4, 0.5) is 5.82 Å². The standard InChI is InChI=1S/C14H14N2O2/c1-16(10-6-7-10)13-11-5-3-2-4-9(11)8-12(15-13)14(17)18/h2-5,8,10H,6-7H2,1H3,(H,17,18). The van der Waals surface area contributed by atoms with Gasteiger partial charge in [-0.05, 0) is 24.3 Å². The van der Waals surface area contributed by atoms with Gasteiger partial charge < -0.3 is 10.0 Å². The summed E-state index contributed by atoms with van der Waals surface area (Å²) in [5, 5.41) is 11.1. The fourth-order valence-corrected chi connectivity index (χ4v) is 2.19.